The van der Waals surface area contributed by atoms with Crippen LogP contribution < -0.4 is 5.32 Å². The molecule has 0 radical (unpaired) electrons. The molecule has 1 aromatic carbocycles. The molecule has 7 heteroatoms. The van der Waals surface area contributed by atoms with Gasteiger partial charge in [0.05, 0.1) is 30.5 Å². The van der Waals surface area contributed by atoms with E-state index in [2.05, 4.69) is 15.5 Å². The van der Waals surface area contributed by atoms with Crippen molar-refractivity contribution in [3.05, 3.63) is 42.0 Å². The van der Waals surface area contributed by atoms with Crippen molar-refractivity contribution in [2.24, 2.45) is 11.8 Å². The van der Waals surface area contributed by atoms with Crippen molar-refractivity contribution in [1.29, 1.82) is 0 Å². The zero-order valence-electron chi connectivity index (χ0n) is 11.9. The zero-order valence-corrected chi connectivity index (χ0v) is 11.9. The molecule has 1 amide bonds. The lowest BCUT2D eigenvalue weighted by atomic mass is 10.0. The summed E-state index contributed by atoms with van der Waals surface area (Å²) in [6, 6.07) is 4.80. The number of nitrogens with one attached hydrogen (secondary N) is 1. The van der Waals surface area contributed by atoms with Gasteiger partial charge in [-0.3, -0.25) is 4.79 Å². The first kappa shape index (κ1) is 13.4. The number of benzene rings is 1. The molecule has 6 nitrogen and oxygen atoms in total. The van der Waals surface area contributed by atoms with Crippen molar-refractivity contribution in [2.45, 2.75) is 6.54 Å². The fourth-order valence-corrected chi connectivity index (χ4v) is 3.39. The Labute approximate surface area is 126 Å². The van der Waals surface area contributed by atoms with Gasteiger partial charge in [0.25, 0.3) is 0 Å². The number of fused-ring (bicyclic) bond motifs is 1. The van der Waals surface area contributed by atoms with E-state index in [0.717, 1.165) is 13.1 Å². The van der Waals surface area contributed by atoms with Crippen molar-refractivity contribution >= 4 is 5.91 Å². The van der Waals surface area contributed by atoms with Crippen LogP contribution in [0.1, 0.15) is 5.56 Å². The van der Waals surface area contributed by atoms with E-state index in [1.807, 2.05) is 0 Å². The molecule has 0 spiro atoms. The maximum Gasteiger partial charge on any atom is 0.227 e. The van der Waals surface area contributed by atoms with Crippen LogP contribution in [0, 0.1) is 17.7 Å². The van der Waals surface area contributed by atoms with Crippen LogP contribution in [-0.2, 0) is 11.3 Å². The van der Waals surface area contributed by atoms with E-state index in [0.29, 0.717) is 23.7 Å². The van der Waals surface area contributed by atoms with Crippen molar-refractivity contribution in [3.8, 4) is 5.69 Å². The highest BCUT2D eigenvalue weighted by Gasteiger charge is 2.43. The maximum absolute atomic E-state index is 14.3. The highest BCUT2D eigenvalue weighted by molar-refractivity contribution is 5.82. The Morgan fingerprint density at radius 1 is 1.27 bits per heavy atom. The lowest BCUT2D eigenvalue weighted by Gasteiger charge is -2.20. The van der Waals surface area contributed by atoms with E-state index >= 15 is 0 Å². The number of rotatable bonds is 3. The molecule has 0 unspecified atom stereocenters. The summed E-state index contributed by atoms with van der Waals surface area (Å²) in [6.45, 7) is 2.52. The molecular weight excluding hydrogens is 285 g/mol. The number of amides is 1. The Morgan fingerprint density at radius 3 is 2.86 bits per heavy atom. The van der Waals surface area contributed by atoms with E-state index in [-0.39, 0.29) is 24.2 Å². The molecule has 0 bridgehead atoms. The number of carbonyl (C=O) groups is 1. The topological polar surface area (TPSA) is 63.1 Å². The van der Waals surface area contributed by atoms with Crippen LogP contribution in [0.25, 0.3) is 5.69 Å². The summed E-state index contributed by atoms with van der Waals surface area (Å²) >= 11 is 0. The lowest BCUT2D eigenvalue weighted by molar-refractivity contribution is -0.131. The van der Waals surface area contributed by atoms with Crippen molar-refractivity contribution in [2.75, 3.05) is 19.6 Å². The molecule has 0 aliphatic carbocycles. The van der Waals surface area contributed by atoms with Gasteiger partial charge in [-0.15, -0.1) is 0 Å². The number of hydrogen-bond donors (Lipinski definition) is 1. The average molecular weight is 301 g/mol. The Balaban J connectivity index is 1.65. The molecule has 2 atom stereocenters. The Bertz CT molecular complexity index is 702. The second-order valence-corrected chi connectivity index (χ2v) is 5.80. The van der Waals surface area contributed by atoms with Crippen LogP contribution in [0.5, 0.6) is 0 Å². The highest BCUT2D eigenvalue weighted by atomic mass is 19.1. The number of halogens is 1. The molecule has 1 aromatic heterocycles. The molecule has 4 rings (SSSR count). The molecule has 2 aromatic rings. The third kappa shape index (κ3) is 2.09. The van der Waals surface area contributed by atoms with Gasteiger partial charge in [-0.1, -0.05) is 6.07 Å². The van der Waals surface area contributed by atoms with E-state index in [9.17, 15) is 9.18 Å². The summed E-state index contributed by atoms with van der Waals surface area (Å²) in [5.74, 6) is 0.152. The van der Waals surface area contributed by atoms with Gasteiger partial charge in [-0.05, 0) is 12.1 Å². The van der Waals surface area contributed by atoms with Crippen LogP contribution in [0.2, 0.25) is 0 Å². The van der Waals surface area contributed by atoms with E-state index < -0.39 is 0 Å². The normalized spacial score (nSPS) is 24.0. The van der Waals surface area contributed by atoms with Crippen LogP contribution in [0.15, 0.2) is 30.6 Å². The third-order valence-electron chi connectivity index (χ3n) is 4.50. The molecule has 2 aliphatic heterocycles. The summed E-state index contributed by atoms with van der Waals surface area (Å²) in [7, 11) is 0. The summed E-state index contributed by atoms with van der Waals surface area (Å²) in [6.07, 6.45) is 3.09. The molecule has 1 N–H and O–H groups in total. The number of hydrogen-bond acceptors (Lipinski definition) is 4. The maximum atomic E-state index is 14.3. The molecule has 2 aliphatic rings. The fraction of sp³-hybridized carbons (Fsp3) is 0.400. The van der Waals surface area contributed by atoms with Crippen molar-refractivity contribution in [3.63, 3.8) is 0 Å². The van der Waals surface area contributed by atoms with Crippen molar-refractivity contribution in [1.82, 2.24) is 25.2 Å². The molecule has 114 valence electrons. The van der Waals surface area contributed by atoms with E-state index in [1.165, 1.54) is 10.9 Å². The number of carbonyl (C=O) groups excluding carboxylic acids is 1. The summed E-state index contributed by atoms with van der Waals surface area (Å²) < 4.78 is 14.3. The van der Waals surface area contributed by atoms with Gasteiger partial charge >= 0.3 is 0 Å². The average Bonchev–Trinajstić information content (AvgIpc) is 3.22. The van der Waals surface area contributed by atoms with Crippen LogP contribution in [-0.4, -0.2) is 45.4 Å². The molecular formula is C15H16FN5O. The summed E-state index contributed by atoms with van der Waals surface area (Å²) in [4.78, 5) is 15.6. The predicted octanol–water partition coefficient (Wildman–Crippen LogP) is 0.584. The highest BCUT2D eigenvalue weighted by Crippen LogP contribution is 2.30. The van der Waals surface area contributed by atoms with Gasteiger partial charge in [-0.2, -0.15) is 15.0 Å². The quantitative estimate of drug-likeness (QED) is 0.901. The molecule has 3 heterocycles. The summed E-state index contributed by atoms with van der Waals surface area (Å²) in [5, 5.41) is 11.4. The predicted molar refractivity (Wildman–Crippen MR) is 76.6 cm³/mol. The minimum absolute atomic E-state index is 0.0399. The van der Waals surface area contributed by atoms with Crippen LogP contribution >= 0.6 is 0 Å². The van der Waals surface area contributed by atoms with Gasteiger partial charge < -0.3 is 10.2 Å². The van der Waals surface area contributed by atoms with Gasteiger partial charge in [0, 0.05) is 31.1 Å². The standard InChI is InChI=1S/C15H16FN5O/c16-13-2-1-3-14(21-18-4-5-19-21)12(13)9-20-8-10-6-17-7-11(10)15(20)22/h1-5,10-11,17H,6-9H2/t10-,11-/m1/s1. The second-order valence-electron chi connectivity index (χ2n) is 5.80. The first-order valence-corrected chi connectivity index (χ1v) is 7.37. The SMILES string of the molecule is O=C1[C@@H]2CNC[C@@H]2CN1Cc1c(F)cccc1-n1nccn1. The number of likely N-dealkylation sites (tertiary alicyclic amines) is 1. The van der Waals surface area contributed by atoms with Gasteiger partial charge in [-0.25, -0.2) is 4.39 Å². The lowest BCUT2D eigenvalue weighted by Crippen LogP contribution is -2.31. The zero-order chi connectivity index (χ0) is 15.1. The van der Waals surface area contributed by atoms with E-state index in [4.69, 9.17) is 0 Å². The minimum atomic E-state index is -0.335. The smallest absolute Gasteiger partial charge is 0.227 e. The van der Waals surface area contributed by atoms with Crippen LogP contribution in [0.3, 0.4) is 0 Å². The van der Waals surface area contributed by atoms with Crippen LogP contribution in [0.4, 0.5) is 4.39 Å². The first-order chi connectivity index (χ1) is 10.7. The fourth-order valence-electron chi connectivity index (χ4n) is 3.39. The second kappa shape index (κ2) is 5.17. The van der Waals surface area contributed by atoms with E-state index in [1.54, 1.807) is 29.4 Å². The number of aromatic nitrogens is 3. The summed E-state index contributed by atoms with van der Waals surface area (Å²) in [5.41, 5.74) is 1.04. The monoisotopic (exact) mass is 301 g/mol. The largest absolute Gasteiger partial charge is 0.338 e. The molecule has 22 heavy (non-hydrogen) atoms. The Morgan fingerprint density at radius 2 is 2.09 bits per heavy atom. The molecule has 0 saturated carbocycles. The number of nitrogens with zero attached hydrogens (tertiary/aromatic N) is 4. The minimum Gasteiger partial charge on any atom is -0.338 e. The Hall–Kier alpha value is -2.28. The molecule has 2 fully saturated rings. The third-order valence-corrected chi connectivity index (χ3v) is 4.50. The van der Waals surface area contributed by atoms with Crippen molar-refractivity contribution < 1.29 is 9.18 Å². The van der Waals surface area contributed by atoms with Gasteiger partial charge in [0.15, 0.2) is 0 Å². The molecule has 2 saturated heterocycles. The first-order valence-electron chi connectivity index (χ1n) is 7.37. The van der Waals surface area contributed by atoms with Gasteiger partial charge in [0.2, 0.25) is 5.91 Å². The van der Waals surface area contributed by atoms with Gasteiger partial charge in [0.1, 0.15) is 5.82 Å². The Kier molecular flexibility index (Phi) is 3.15.